The Morgan fingerprint density at radius 1 is 1.14 bits per heavy atom. The molecule has 0 amide bonds. The van der Waals surface area contributed by atoms with Gasteiger partial charge in [0.1, 0.15) is 0 Å². The van der Waals surface area contributed by atoms with E-state index in [-0.39, 0.29) is 0 Å². The van der Waals surface area contributed by atoms with E-state index in [4.69, 9.17) is 9.47 Å². The van der Waals surface area contributed by atoms with Crippen LogP contribution in [0.1, 0.15) is 20.8 Å². The van der Waals surface area contributed by atoms with Gasteiger partial charge in [0.2, 0.25) is 0 Å². The fourth-order valence-electron chi connectivity index (χ4n) is 1.78. The predicted octanol–water partition coefficient (Wildman–Crippen LogP) is 2.29. The summed E-state index contributed by atoms with van der Waals surface area (Å²) in [5.74, 6) is 2.70. The maximum absolute atomic E-state index is 5.81. The lowest BCUT2D eigenvalue weighted by Crippen LogP contribution is -2.37. The van der Waals surface area contributed by atoms with Crippen molar-refractivity contribution in [2.45, 2.75) is 20.8 Å². The highest BCUT2D eigenvalue weighted by Crippen LogP contribution is 2.26. The molecule has 1 rings (SSSR count). The molecule has 0 aliphatic rings. The molecule has 0 aliphatic carbocycles. The van der Waals surface area contributed by atoms with Crippen molar-refractivity contribution in [1.29, 1.82) is 0 Å². The summed E-state index contributed by atoms with van der Waals surface area (Å²) in [4.78, 5) is 4.54. The van der Waals surface area contributed by atoms with Crippen LogP contribution in [0.4, 0.5) is 0 Å². The van der Waals surface area contributed by atoms with E-state index >= 15 is 0 Å². The van der Waals surface area contributed by atoms with Gasteiger partial charge in [-0.25, -0.2) is 0 Å². The van der Waals surface area contributed by atoms with Crippen LogP contribution in [-0.4, -0.2) is 39.3 Å². The number of aliphatic imine (C=N–C) groups is 1. The Morgan fingerprint density at radius 2 is 1.76 bits per heavy atom. The maximum atomic E-state index is 5.81. The van der Waals surface area contributed by atoms with Gasteiger partial charge in [-0.1, -0.05) is 19.1 Å². The fraction of sp³-hybridized carbons (Fsp3) is 0.562. The van der Waals surface area contributed by atoms with Crippen LogP contribution in [0.3, 0.4) is 0 Å². The number of ether oxygens (including phenoxy) is 2. The van der Waals surface area contributed by atoms with Crippen LogP contribution in [0.15, 0.2) is 29.3 Å². The fourth-order valence-corrected chi connectivity index (χ4v) is 1.78. The molecular weight excluding hydrogens is 266 g/mol. The summed E-state index contributed by atoms with van der Waals surface area (Å²) in [5.41, 5.74) is 0. The van der Waals surface area contributed by atoms with Crippen molar-refractivity contribution in [2.24, 2.45) is 10.9 Å². The first kappa shape index (κ1) is 17.1. The number of methoxy groups -OCH3 is 1. The summed E-state index contributed by atoms with van der Waals surface area (Å²) in [5, 5.41) is 6.42. The molecule has 5 heteroatoms. The summed E-state index contributed by atoms with van der Waals surface area (Å²) >= 11 is 0. The molecule has 0 bridgehead atoms. The lowest BCUT2D eigenvalue weighted by atomic mass is 10.2. The second kappa shape index (κ2) is 9.91. The molecule has 1 unspecified atom stereocenters. The second-order valence-corrected chi connectivity index (χ2v) is 4.82. The first-order chi connectivity index (χ1) is 10.2. The minimum atomic E-state index is 0.322. The Hall–Kier alpha value is -1.91. The Kier molecular flexibility index (Phi) is 8.09. The van der Waals surface area contributed by atoms with Gasteiger partial charge in [0.05, 0.1) is 13.7 Å². The molecule has 2 N–H and O–H groups in total. The summed E-state index contributed by atoms with van der Waals surface area (Å²) in [7, 11) is 1.65. The smallest absolute Gasteiger partial charge is 0.191 e. The molecule has 118 valence electrons. The average Bonchev–Trinajstić information content (AvgIpc) is 2.51. The molecule has 0 aliphatic heterocycles. The molecule has 1 aromatic rings. The number of hydrogen-bond acceptors (Lipinski definition) is 3. The van der Waals surface area contributed by atoms with Crippen molar-refractivity contribution in [2.75, 3.05) is 33.4 Å². The third-order valence-corrected chi connectivity index (χ3v) is 2.84. The Balaban J connectivity index is 2.46. The molecule has 0 aromatic heterocycles. The first-order valence-electron chi connectivity index (χ1n) is 7.49. The van der Waals surface area contributed by atoms with Gasteiger partial charge < -0.3 is 20.1 Å². The van der Waals surface area contributed by atoms with Gasteiger partial charge in [-0.2, -0.15) is 0 Å². The molecule has 0 fully saturated rings. The lowest BCUT2D eigenvalue weighted by Gasteiger charge is -2.15. The predicted molar refractivity (Wildman–Crippen MR) is 87.3 cm³/mol. The summed E-state index contributed by atoms with van der Waals surface area (Å²) in [6.07, 6.45) is 0. The monoisotopic (exact) mass is 293 g/mol. The van der Waals surface area contributed by atoms with Crippen molar-refractivity contribution in [3.8, 4) is 11.5 Å². The van der Waals surface area contributed by atoms with Gasteiger partial charge in [-0.15, -0.1) is 0 Å². The number of rotatable bonds is 8. The highest BCUT2D eigenvalue weighted by molar-refractivity contribution is 5.79. The normalized spacial score (nSPS) is 11.4. The van der Waals surface area contributed by atoms with Crippen molar-refractivity contribution < 1.29 is 9.47 Å². The van der Waals surface area contributed by atoms with Crippen LogP contribution in [0.2, 0.25) is 0 Å². The van der Waals surface area contributed by atoms with Crippen molar-refractivity contribution in [3.05, 3.63) is 24.3 Å². The topological polar surface area (TPSA) is 54.9 Å². The van der Waals surface area contributed by atoms with Crippen LogP contribution in [0.25, 0.3) is 0 Å². The van der Waals surface area contributed by atoms with E-state index in [1.807, 2.05) is 24.3 Å². The van der Waals surface area contributed by atoms with E-state index in [1.165, 1.54) is 0 Å². The molecular formula is C16H27N3O2. The first-order valence-corrected chi connectivity index (χ1v) is 7.49. The van der Waals surface area contributed by atoms with Gasteiger partial charge in [-0.05, 0) is 26.0 Å². The maximum Gasteiger partial charge on any atom is 0.191 e. The largest absolute Gasteiger partial charge is 0.493 e. The molecule has 0 saturated carbocycles. The minimum Gasteiger partial charge on any atom is -0.493 e. The highest BCUT2D eigenvalue weighted by atomic mass is 16.5. The average molecular weight is 293 g/mol. The van der Waals surface area contributed by atoms with E-state index < -0.39 is 0 Å². The van der Waals surface area contributed by atoms with Crippen LogP contribution < -0.4 is 20.1 Å². The van der Waals surface area contributed by atoms with Crippen LogP contribution in [-0.2, 0) is 0 Å². The molecule has 0 spiro atoms. The SMILES string of the molecule is CCNC(=NCC(C)COc1ccccc1OC)NCC. The van der Waals surface area contributed by atoms with Crippen LogP contribution in [0, 0.1) is 5.92 Å². The number of benzene rings is 1. The number of nitrogens with zero attached hydrogens (tertiary/aromatic N) is 1. The molecule has 0 radical (unpaired) electrons. The molecule has 21 heavy (non-hydrogen) atoms. The molecule has 0 heterocycles. The molecule has 1 aromatic carbocycles. The van der Waals surface area contributed by atoms with E-state index in [9.17, 15) is 0 Å². The minimum absolute atomic E-state index is 0.322. The van der Waals surface area contributed by atoms with E-state index in [1.54, 1.807) is 7.11 Å². The van der Waals surface area contributed by atoms with Crippen molar-refractivity contribution in [1.82, 2.24) is 10.6 Å². The second-order valence-electron chi connectivity index (χ2n) is 4.82. The summed E-state index contributed by atoms with van der Waals surface area (Å²) in [6.45, 7) is 9.27. The van der Waals surface area contributed by atoms with E-state index in [0.29, 0.717) is 19.1 Å². The number of nitrogens with one attached hydrogen (secondary N) is 2. The number of guanidine groups is 1. The Labute approximate surface area is 127 Å². The standard InChI is InChI=1S/C16H27N3O2/c1-5-17-16(18-6-2)19-11-13(3)12-21-15-10-8-7-9-14(15)20-4/h7-10,13H,5-6,11-12H2,1-4H3,(H2,17,18,19). The third kappa shape index (κ3) is 6.38. The van der Waals surface area contributed by atoms with Gasteiger partial charge in [0.25, 0.3) is 0 Å². The quantitative estimate of drug-likeness (QED) is 0.570. The zero-order valence-corrected chi connectivity index (χ0v) is 13.5. The van der Waals surface area contributed by atoms with Crippen LogP contribution >= 0.6 is 0 Å². The zero-order valence-electron chi connectivity index (χ0n) is 13.5. The molecule has 5 nitrogen and oxygen atoms in total. The Morgan fingerprint density at radius 3 is 2.33 bits per heavy atom. The number of para-hydroxylation sites is 2. The van der Waals surface area contributed by atoms with E-state index in [0.717, 1.165) is 30.5 Å². The summed E-state index contributed by atoms with van der Waals surface area (Å²) in [6, 6.07) is 7.68. The van der Waals surface area contributed by atoms with Gasteiger partial charge in [-0.3, -0.25) is 4.99 Å². The third-order valence-electron chi connectivity index (χ3n) is 2.84. The van der Waals surface area contributed by atoms with Crippen molar-refractivity contribution in [3.63, 3.8) is 0 Å². The molecule has 0 saturated heterocycles. The van der Waals surface area contributed by atoms with E-state index in [2.05, 4.69) is 36.4 Å². The van der Waals surface area contributed by atoms with Crippen molar-refractivity contribution >= 4 is 5.96 Å². The highest BCUT2D eigenvalue weighted by Gasteiger charge is 2.07. The van der Waals surface area contributed by atoms with Gasteiger partial charge >= 0.3 is 0 Å². The van der Waals surface area contributed by atoms with Gasteiger partial charge in [0.15, 0.2) is 17.5 Å². The molecule has 1 atom stereocenters. The summed E-state index contributed by atoms with van der Waals surface area (Å²) < 4.78 is 11.1. The van der Waals surface area contributed by atoms with Gasteiger partial charge in [0, 0.05) is 25.6 Å². The lowest BCUT2D eigenvalue weighted by molar-refractivity contribution is 0.251. The van der Waals surface area contributed by atoms with Crippen LogP contribution in [0.5, 0.6) is 11.5 Å². The zero-order chi connectivity index (χ0) is 15.5. The Bertz CT molecular complexity index is 427. The number of hydrogen-bond donors (Lipinski definition) is 2.